The number of carbonyl (C=O) groups is 1. The van der Waals surface area contributed by atoms with Gasteiger partial charge in [-0.05, 0) is 30.5 Å². The summed E-state index contributed by atoms with van der Waals surface area (Å²) in [6.07, 6.45) is -1.96. The van der Waals surface area contributed by atoms with Crippen LogP contribution in [0.15, 0.2) is 24.3 Å². The second-order valence-corrected chi connectivity index (χ2v) is 5.56. The van der Waals surface area contributed by atoms with Crippen LogP contribution in [0.4, 0.5) is 13.2 Å². The zero-order chi connectivity index (χ0) is 16.3. The van der Waals surface area contributed by atoms with E-state index in [2.05, 4.69) is 0 Å². The number of alkyl halides is 3. The highest BCUT2D eigenvalue weighted by atomic mass is 19.4. The number of nitrogens with zero attached hydrogens (tertiary/aromatic N) is 2. The quantitative estimate of drug-likeness (QED) is 0.854. The lowest BCUT2D eigenvalue weighted by atomic mass is 9.92. The summed E-state index contributed by atoms with van der Waals surface area (Å²) in [4.78, 5) is 13.4. The Hall–Kier alpha value is -2.03. The van der Waals surface area contributed by atoms with Crippen LogP contribution in [0, 0.1) is 11.3 Å². The molecule has 0 N–H and O–H groups in total. The van der Waals surface area contributed by atoms with Crippen LogP contribution in [0.3, 0.4) is 0 Å². The van der Waals surface area contributed by atoms with Crippen molar-refractivity contribution in [2.45, 2.75) is 43.8 Å². The molecule has 1 aromatic rings. The molecule has 0 saturated heterocycles. The van der Waals surface area contributed by atoms with Crippen LogP contribution in [-0.2, 0) is 11.0 Å². The number of hydrogen-bond acceptors (Lipinski definition) is 2. The molecular weight excluding hydrogens is 293 g/mol. The Kier molecular flexibility index (Phi) is 4.74. The molecule has 0 aliphatic heterocycles. The third-order valence-corrected chi connectivity index (χ3v) is 4.27. The highest BCUT2D eigenvalue weighted by molar-refractivity contribution is 5.78. The molecule has 1 amide bonds. The van der Waals surface area contributed by atoms with Crippen LogP contribution < -0.4 is 0 Å². The van der Waals surface area contributed by atoms with Crippen LogP contribution in [0.2, 0.25) is 0 Å². The van der Waals surface area contributed by atoms with Gasteiger partial charge in [-0.2, -0.15) is 18.4 Å². The van der Waals surface area contributed by atoms with E-state index in [1.54, 1.807) is 11.9 Å². The molecule has 3 nitrogen and oxygen atoms in total. The van der Waals surface area contributed by atoms with E-state index in [0.717, 1.165) is 37.0 Å². The molecule has 0 spiro atoms. The van der Waals surface area contributed by atoms with Gasteiger partial charge in [-0.15, -0.1) is 0 Å². The summed E-state index contributed by atoms with van der Waals surface area (Å²) >= 11 is 0. The first-order chi connectivity index (χ1) is 10.3. The molecule has 6 heteroatoms. The molecule has 1 fully saturated rings. The highest BCUT2D eigenvalue weighted by Crippen LogP contribution is 2.38. The number of carbonyl (C=O) groups excluding carboxylic acids is 1. The zero-order valence-corrected chi connectivity index (χ0v) is 12.2. The molecule has 0 bridgehead atoms. The molecule has 2 unspecified atom stereocenters. The van der Waals surface area contributed by atoms with E-state index in [9.17, 15) is 18.0 Å². The normalized spacial score (nSPS) is 21.4. The summed E-state index contributed by atoms with van der Waals surface area (Å²) in [5.74, 6) is -0.221. The van der Waals surface area contributed by atoms with E-state index in [0.29, 0.717) is 0 Å². The fourth-order valence-electron chi connectivity index (χ4n) is 3.09. The van der Waals surface area contributed by atoms with Gasteiger partial charge in [0.15, 0.2) is 0 Å². The largest absolute Gasteiger partial charge is 0.416 e. The monoisotopic (exact) mass is 310 g/mol. The Morgan fingerprint density at radius 1 is 1.32 bits per heavy atom. The molecule has 1 aliphatic carbocycles. The summed E-state index contributed by atoms with van der Waals surface area (Å²) in [6, 6.07) is 6.94. The lowest BCUT2D eigenvalue weighted by Gasteiger charge is -2.29. The van der Waals surface area contributed by atoms with Crippen LogP contribution in [0.1, 0.15) is 42.7 Å². The first-order valence-corrected chi connectivity index (χ1v) is 7.14. The summed E-state index contributed by atoms with van der Waals surface area (Å²) < 4.78 is 37.8. The van der Waals surface area contributed by atoms with Gasteiger partial charge in [-0.25, -0.2) is 0 Å². The van der Waals surface area contributed by atoms with Gasteiger partial charge in [0.2, 0.25) is 5.91 Å². The van der Waals surface area contributed by atoms with Crippen molar-refractivity contribution in [1.29, 1.82) is 5.26 Å². The lowest BCUT2D eigenvalue weighted by molar-refractivity contribution is -0.137. The van der Waals surface area contributed by atoms with E-state index in [4.69, 9.17) is 5.26 Å². The van der Waals surface area contributed by atoms with E-state index in [1.807, 2.05) is 6.07 Å². The molecule has 118 valence electrons. The molecular formula is C16H17F3N2O. The van der Waals surface area contributed by atoms with Crippen molar-refractivity contribution in [1.82, 2.24) is 4.90 Å². The second kappa shape index (κ2) is 6.39. The van der Waals surface area contributed by atoms with Crippen molar-refractivity contribution in [3.8, 4) is 6.07 Å². The van der Waals surface area contributed by atoms with Gasteiger partial charge in [0.05, 0.1) is 11.6 Å². The van der Waals surface area contributed by atoms with Crippen molar-refractivity contribution >= 4 is 5.91 Å². The summed E-state index contributed by atoms with van der Waals surface area (Å²) in [5, 5.41) is 8.61. The number of likely N-dealkylation sites (N-methyl/N-ethyl adjacent to an activating group) is 1. The van der Waals surface area contributed by atoms with Crippen molar-refractivity contribution in [3.63, 3.8) is 0 Å². The summed E-state index contributed by atoms with van der Waals surface area (Å²) in [7, 11) is 1.66. The van der Waals surface area contributed by atoms with Crippen LogP contribution in [-0.4, -0.2) is 23.9 Å². The van der Waals surface area contributed by atoms with Crippen LogP contribution in [0.5, 0.6) is 0 Å². The van der Waals surface area contributed by atoms with Crippen molar-refractivity contribution in [3.05, 3.63) is 35.4 Å². The molecule has 2 rings (SSSR count). The van der Waals surface area contributed by atoms with Crippen molar-refractivity contribution < 1.29 is 18.0 Å². The third-order valence-electron chi connectivity index (χ3n) is 4.27. The predicted molar refractivity (Wildman–Crippen MR) is 74.8 cm³/mol. The van der Waals surface area contributed by atoms with Crippen LogP contribution in [0.25, 0.3) is 0 Å². The van der Waals surface area contributed by atoms with Gasteiger partial charge in [-0.3, -0.25) is 4.79 Å². The molecule has 1 aliphatic rings. The molecule has 0 aromatic heterocycles. The zero-order valence-electron chi connectivity index (χ0n) is 12.2. The number of hydrogen-bond donors (Lipinski definition) is 0. The number of rotatable bonds is 3. The fourth-order valence-corrected chi connectivity index (χ4v) is 3.09. The van der Waals surface area contributed by atoms with Gasteiger partial charge < -0.3 is 4.90 Å². The molecule has 1 aromatic carbocycles. The Morgan fingerprint density at radius 2 is 1.95 bits per heavy atom. The van der Waals surface area contributed by atoms with Gasteiger partial charge >= 0.3 is 6.18 Å². The van der Waals surface area contributed by atoms with E-state index < -0.39 is 11.7 Å². The fraction of sp³-hybridized carbons (Fsp3) is 0.500. The highest BCUT2D eigenvalue weighted by Gasteiger charge is 2.35. The Labute approximate surface area is 127 Å². The first kappa shape index (κ1) is 16.3. The van der Waals surface area contributed by atoms with Gasteiger partial charge in [0, 0.05) is 19.0 Å². The SMILES string of the molecule is CN(C(=O)CC#N)C1CCCC1c1ccc(C(F)(F)F)cc1. The first-order valence-electron chi connectivity index (χ1n) is 7.14. The minimum Gasteiger partial charge on any atom is -0.341 e. The molecule has 1 saturated carbocycles. The van der Waals surface area contributed by atoms with Crippen molar-refractivity contribution in [2.75, 3.05) is 7.05 Å². The maximum absolute atomic E-state index is 12.6. The van der Waals surface area contributed by atoms with Gasteiger partial charge in [0.25, 0.3) is 0 Å². The summed E-state index contributed by atoms with van der Waals surface area (Å²) in [5.41, 5.74) is 0.145. The number of halogens is 3. The summed E-state index contributed by atoms with van der Waals surface area (Å²) in [6.45, 7) is 0. The molecule has 22 heavy (non-hydrogen) atoms. The number of benzene rings is 1. The van der Waals surface area contributed by atoms with E-state index >= 15 is 0 Å². The average Bonchev–Trinajstić information content (AvgIpc) is 2.95. The number of nitriles is 1. The van der Waals surface area contributed by atoms with Crippen molar-refractivity contribution in [2.24, 2.45) is 0 Å². The van der Waals surface area contributed by atoms with Gasteiger partial charge in [-0.1, -0.05) is 18.6 Å². The lowest BCUT2D eigenvalue weighted by Crippen LogP contribution is -2.38. The predicted octanol–water partition coefficient (Wildman–Crippen LogP) is 3.71. The van der Waals surface area contributed by atoms with Gasteiger partial charge in [0.1, 0.15) is 6.42 Å². The van der Waals surface area contributed by atoms with Crippen LogP contribution >= 0.6 is 0 Å². The maximum atomic E-state index is 12.6. The number of amides is 1. The topological polar surface area (TPSA) is 44.1 Å². The maximum Gasteiger partial charge on any atom is 0.416 e. The Bertz CT molecular complexity index is 575. The Morgan fingerprint density at radius 3 is 2.50 bits per heavy atom. The second-order valence-electron chi connectivity index (χ2n) is 5.56. The Balaban J connectivity index is 2.17. The smallest absolute Gasteiger partial charge is 0.341 e. The standard InChI is InChI=1S/C16H17F3N2O/c1-21(15(22)9-10-20)14-4-2-3-13(14)11-5-7-12(8-6-11)16(17,18)19/h5-8,13-14H,2-4,9H2,1H3. The minimum absolute atomic E-state index is 0.0231. The molecule has 2 atom stereocenters. The average molecular weight is 310 g/mol. The minimum atomic E-state index is -4.34. The van der Waals surface area contributed by atoms with E-state index in [1.165, 1.54) is 12.1 Å². The molecule has 0 heterocycles. The van der Waals surface area contributed by atoms with E-state index in [-0.39, 0.29) is 24.3 Å². The molecule has 0 radical (unpaired) electrons. The third kappa shape index (κ3) is 3.41.